The third-order valence-corrected chi connectivity index (χ3v) is 10.3. The van der Waals surface area contributed by atoms with Crippen molar-refractivity contribution in [1.82, 2.24) is 30.0 Å². The zero-order chi connectivity index (χ0) is 50.6. The lowest BCUT2D eigenvalue weighted by Gasteiger charge is -2.12. The van der Waals surface area contributed by atoms with Crippen molar-refractivity contribution in [2.24, 2.45) is 30.7 Å². The van der Waals surface area contributed by atoms with Gasteiger partial charge in [0.15, 0.2) is 0 Å². The van der Waals surface area contributed by atoms with Crippen LogP contribution >= 0.6 is 0 Å². The molecule has 0 aliphatic carbocycles. The van der Waals surface area contributed by atoms with Gasteiger partial charge in [-0.15, -0.1) is 10.2 Å². The van der Waals surface area contributed by atoms with Crippen LogP contribution in [0.15, 0.2) is 116 Å². The summed E-state index contributed by atoms with van der Waals surface area (Å²) >= 11 is 0. The van der Waals surface area contributed by atoms with Gasteiger partial charge in [-0.25, -0.2) is 9.36 Å². The molecule has 0 atom stereocenters. The van der Waals surface area contributed by atoms with Crippen molar-refractivity contribution < 1.29 is 18.9 Å². The molecule has 366 valence electrons. The van der Waals surface area contributed by atoms with Gasteiger partial charge in [-0.3, -0.25) is 0 Å². The van der Waals surface area contributed by atoms with Gasteiger partial charge in [0, 0.05) is 29.5 Å². The third kappa shape index (κ3) is 17.4. The number of azide groups is 6. The summed E-state index contributed by atoms with van der Waals surface area (Å²) in [6.45, 7) is 4.06. The van der Waals surface area contributed by atoms with E-state index >= 15 is 0 Å². The molecule has 0 spiro atoms. The maximum absolute atomic E-state index is 8.97. The molecule has 4 aromatic carbocycles. The number of ether oxygens (including phenoxy) is 4. The van der Waals surface area contributed by atoms with Crippen LogP contribution in [0.4, 0.5) is 0 Å². The van der Waals surface area contributed by atoms with E-state index in [4.69, 9.17) is 52.1 Å². The Kier molecular flexibility index (Phi) is 21.1. The van der Waals surface area contributed by atoms with Crippen LogP contribution in [0, 0.1) is 0 Å². The van der Waals surface area contributed by atoms with Crippen LogP contribution in [0.25, 0.3) is 84.9 Å². The summed E-state index contributed by atoms with van der Waals surface area (Å²) in [5, 5.41) is 39.2. The molecule has 0 aliphatic heterocycles. The van der Waals surface area contributed by atoms with E-state index in [9.17, 15) is 0 Å². The molecule has 0 saturated heterocycles. The van der Waals surface area contributed by atoms with E-state index in [0.717, 1.165) is 66.8 Å². The van der Waals surface area contributed by atoms with Gasteiger partial charge in [0.2, 0.25) is 0 Å². The van der Waals surface area contributed by atoms with Crippen molar-refractivity contribution in [3.63, 3.8) is 0 Å². The Morgan fingerprint density at radius 1 is 0.347 bits per heavy atom. The molecule has 6 aromatic rings. The minimum Gasteiger partial charge on any atom is -0.377 e. The summed E-state index contributed by atoms with van der Waals surface area (Å²) in [7, 11) is 0. The maximum atomic E-state index is 8.97. The lowest BCUT2D eigenvalue weighted by molar-refractivity contribution is -0.00679. The van der Waals surface area contributed by atoms with Gasteiger partial charge in [-0.2, -0.15) is 0 Å². The summed E-state index contributed by atoms with van der Waals surface area (Å²) in [6.07, 6.45) is 3.58. The standard InChI is InChI=1S/C44H46N24O4/c45-59-51-19-31-7-32(20-52-60-46)12-39(11-31)41-15-35(23-55-63-49)9-37(17-41)25-67-27-43(57-65-67)29-71-5-3-69-1-2-70-4-6-72-30-44-28-68(66-58-44)26-38-10-36(24-56-64-50)16-42(18-38)40-13-33(21-53-61-47)8-34(14-40)22-54-62-48/h7-18,27-28H,1-6,19-26,29-30H2. The molecule has 2 heterocycles. The Hall–Kier alpha value is -9.14. The summed E-state index contributed by atoms with van der Waals surface area (Å²) in [6, 6.07) is 22.9. The first kappa shape index (κ1) is 52.2. The van der Waals surface area contributed by atoms with Crippen molar-refractivity contribution in [2.45, 2.75) is 65.6 Å². The van der Waals surface area contributed by atoms with E-state index in [1.54, 1.807) is 21.8 Å². The van der Waals surface area contributed by atoms with Crippen molar-refractivity contribution in [3.05, 3.63) is 204 Å². The summed E-state index contributed by atoms with van der Waals surface area (Å²) in [5.74, 6) is 0. The Balaban J connectivity index is 0.897. The molecule has 2 aromatic heterocycles. The van der Waals surface area contributed by atoms with Crippen molar-refractivity contribution >= 4 is 0 Å². The Bertz CT molecular complexity index is 2800. The third-order valence-electron chi connectivity index (χ3n) is 10.3. The van der Waals surface area contributed by atoms with E-state index in [1.165, 1.54) is 0 Å². The SMILES string of the molecule is [N-]=[N+]=NCc1cc(CN=[N+]=[N-])cc(-c2cc(CN=[N+]=[N-])cc(Cn3cc(COCCOCCOCCOCc4cn(Cc5cc(CN=[N+]=[N-])cc(-c6cc(CN=[N+]=[N-])cc(CN=[N+]=[N-])c6)c5)nn4)nn3)c2)c1. The Morgan fingerprint density at radius 3 is 0.875 bits per heavy atom. The normalized spacial score (nSPS) is 10.5. The molecule has 28 nitrogen and oxygen atoms in total. The van der Waals surface area contributed by atoms with E-state index in [0.29, 0.717) is 64.1 Å². The molecule has 0 aliphatic rings. The molecule has 0 fully saturated rings. The van der Waals surface area contributed by atoms with Crippen molar-refractivity contribution in [1.29, 1.82) is 0 Å². The fraction of sp³-hybridized carbons (Fsp3) is 0.364. The van der Waals surface area contributed by atoms with E-state index in [2.05, 4.69) is 80.8 Å². The quantitative estimate of drug-likeness (QED) is 0.0174. The first-order valence-corrected chi connectivity index (χ1v) is 22.0. The lowest BCUT2D eigenvalue weighted by Crippen LogP contribution is -2.12. The second-order valence-corrected chi connectivity index (χ2v) is 15.6. The van der Waals surface area contributed by atoms with Gasteiger partial charge in [0.1, 0.15) is 11.4 Å². The molecule has 0 bridgehead atoms. The van der Waals surface area contributed by atoms with Crippen LogP contribution in [0.2, 0.25) is 0 Å². The Labute approximate surface area is 409 Å². The smallest absolute Gasteiger partial charge is 0.108 e. The highest BCUT2D eigenvalue weighted by molar-refractivity contribution is 5.68. The zero-order valence-corrected chi connectivity index (χ0v) is 38.8. The summed E-state index contributed by atoms with van der Waals surface area (Å²) in [4.78, 5) is 17.2. The highest BCUT2D eigenvalue weighted by Crippen LogP contribution is 2.29. The summed E-state index contributed by atoms with van der Waals surface area (Å²) in [5.41, 5.74) is 64.2. The second kappa shape index (κ2) is 29.0. The topological polar surface area (TPSA) is 391 Å². The predicted octanol–water partition coefficient (Wildman–Crippen LogP) is 10.9. The molecule has 0 unspecified atom stereocenters. The molecule has 6 rings (SSSR count). The van der Waals surface area contributed by atoms with E-state index < -0.39 is 0 Å². The summed E-state index contributed by atoms with van der Waals surface area (Å²) < 4.78 is 26.2. The van der Waals surface area contributed by atoms with Crippen molar-refractivity contribution in [3.8, 4) is 22.3 Å². The molecule has 0 saturated carbocycles. The fourth-order valence-electron chi connectivity index (χ4n) is 7.38. The number of hydrogen-bond donors (Lipinski definition) is 0. The second-order valence-electron chi connectivity index (χ2n) is 15.6. The minimum absolute atomic E-state index is 0.123. The molecule has 72 heavy (non-hydrogen) atoms. The van der Waals surface area contributed by atoms with Crippen LogP contribution in [0.3, 0.4) is 0 Å². The zero-order valence-electron chi connectivity index (χ0n) is 38.8. The monoisotopic (exact) mass is 974 g/mol. The molecule has 28 heteroatoms. The van der Waals surface area contributed by atoms with Crippen LogP contribution in [0.5, 0.6) is 0 Å². The average Bonchev–Trinajstić information content (AvgIpc) is 4.05. The molecular formula is C44H46N24O4. The van der Waals surface area contributed by atoms with E-state index in [-0.39, 0.29) is 52.5 Å². The molecule has 0 amide bonds. The first-order chi connectivity index (χ1) is 35.4. The highest BCUT2D eigenvalue weighted by Gasteiger charge is 2.12. The van der Waals surface area contributed by atoms with Gasteiger partial charge in [-0.05, 0) is 112 Å². The lowest BCUT2D eigenvalue weighted by atomic mass is 9.96. The number of rotatable bonds is 31. The van der Waals surface area contributed by atoms with E-state index in [1.807, 2.05) is 72.8 Å². The average molecular weight is 975 g/mol. The molecular weight excluding hydrogens is 929 g/mol. The van der Waals surface area contributed by atoms with Gasteiger partial charge in [0.05, 0.1) is 118 Å². The first-order valence-electron chi connectivity index (χ1n) is 22.0. The van der Waals surface area contributed by atoms with Gasteiger partial charge < -0.3 is 18.9 Å². The van der Waals surface area contributed by atoms with Gasteiger partial charge in [-0.1, -0.05) is 102 Å². The van der Waals surface area contributed by atoms with Gasteiger partial charge in [0.25, 0.3) is 0 Å². The fourth-order valence-corrected chi connectivity index (χ4v) is 7.38. The van der Waals surface area contributed by atoms with Crippen LogP contribution < -0.4 is 0 Å². The predicted molar refractivity (Wildman–Crippen MR) is 260 cm³/mol. The number of hydrogen-bond acceptors (Lipinski definition) is 14. The van der Waals surface area contributed by atoms with Crippen LogP contribution in [-0.4, -0.2) is 69.6 Å². The minimum atomic E-state index is 0.123. The number of nitrogens with zero attached hydrogens (tertiary/aromatic N) is 24. The number of benzene rings is 4. The van der Waals surface area contributed by atoms with Crippen molar-refractivity contribution in [2.75, 3.05) is 39.6 Å². The van der Waals surface area contributed by atoms with Crippen LogP contribution in [-0.2, 0) is 84.5 Å². The largest absolute Gasteiger partial charge is 0.377 e. The molecule has 0 N–H and O–H groups in total. The Morgan fingerprint density at radius 2 is 0.597 bits per heavy atom. The number of aromatic nitrogens is 6. The maximum Gasteiger partial charge on any atom is 0.108 e. The van der Waals surface area contributed by atoms with Gasteiger partial charge >= 0.3 is 0 Å². The highest BCUT2D eigenvalue weighted by atomic mass is 16.6. The molecule has 0 radical (unpaired) electrons. The van der Waals surface area contributed by atoms with Crippen LogP contribution in [0.1, 0.15) is 55.9 Å².